The van der Waals surface area contributed by atoms with E-state index in [-0.39, 0.29) is 5.75 Å². The molecule has 0 saturated heterocycles. The summed E-state index contributed by atoms with van der Waals surface area (Å²) in [5.74, 6) is 0.198. The van der Waals surface area contributed by atoms with Crippen LogP contribution in [0.1, 0.15) is 32.8 Å². The van der Waals surface area contributed by atoms with Crippen LogP contribution in [-0.2, 0) is 6.54 Å². The molecule has 1 aromatic carbocycles. The first-order chi connectivity index (χ1) is 8.37. The summed E-state index contributed by atoms with van der Waals surface area (Å²) in [7, 11) is 0. The molecule has 0 fully saturated rings. The Hall–Kier alpha value is -1.16. The molecule has 0 heterocycles. The lowest BCUT2D eigenvalue weighted by Crippen LogP contribution is -2.20. The molecule has 1 N–H and O–H groups in total. The molecule has 1 aromatic rings. The molecule has 4 heteroatoms. The number of hydrogen-bond acceptors (Lipinski definition) is 2. The van der Waals surface area contributed by atoms with Gasteiger partial charge in [-0.25, -0.2) is 0 Å². The van der Waals surface area contributed by atoms with Gasteiger partial charge in [-0.15, -0.1) is 0 Å². The molecule has 0 unspecified atom stereocenters. The number of nitrogens with one attached hydrogen (secondary N) is 1. The maximum Gasteiger partial charge on any atom is 0.387 e. The fraction of sp³-hybridized carbons (Fsp3) is 0.571. The van der Waals surface area contributed by atoms with E-state index in [0.29, 0.717) is 5.41 Å². The third-order valence-corrected chi connectivity index (χ3v) is 2.53. The van der Waals surface area contributed by atoms with Crippen molar-refractivity contribution in [3.8, 4) is 5.75 Å². The van der Waals surface area contributed by atoms with Crippen LogP contribution < -0.4 is 10.1 Å². The minimum Gasteiger partial charge on any atom is -0.435 e. The predicted octanol–water partition coefficient (Wildman–Crippen LogP) is 3.81. The highest BCUT2D eigenvalue weighted by Crippen LogP contribution is 2.17. The average molecular weight is 257 g/mol. The molecule has 0 aliphatic rings. The fourth-order valence-corrected chi connectivity index (χ4v) is 1.48. The molecular weight excluding hydrogens is 236 g/mol. The highest BCUT2D eigenvalue weighted by molar-refractivity contribution is 5.27. The smallest absolute Gasteiger partial charge is 0.387 e. The van der Waals surface area contributed by atoms with Gasteiger partial charge in [-0.1, -0.05) is 32.9 Å². The van der Waals surface area contributed by atoms with Gasteiger partial charge in [0.25, 0.3) is 0 Å². The Morgan fingerprint density at radius 1 is 1.17 bits per heavy atom. The molecule has 2 nitrogen and oxygen atoms in total. The zero-order chi connectivity index (χ0) is 13.6. The van der Waals surface area contributed by atoms with Crippen molar-refractivity contribution in [2.24, 2.45) is 5.41 Å². The van der Waals surface area contributed by atoms with E-state index < -0.39 is 6.61 Å². The van der Waals surface area contributed by atoms with Gasteiger partial charge < -0.3 is 10.1 Å². The van der Waals surface area contributed by atoms with E-state index >= 15 is 0 Å². The summed E-state index contributed by atoms with van der Waals surface area (Å²) in [5.41, 5.74) is 1.38. The normalized spacial score (nSPS) is 11.9. The van der Waals surface area contributed by atoms with Crippen LogP contribution in [0.5, 0.6) is 5.75 Å². The van der Waals surface area contributed by atoms with E-state index in [4.69, 9.17) is 0 Å². The SMILES string of the molecule is CC(C)(C)CCNCc1ccc(OC(F)F)cc1. The van der Waals surface area contributed by atoms with Gasteiger partial charge in [-0.05, 0) is 36.1 Å². The summed E-state index contributed by atoms with van der Waals surface area (Å²) in [6, 6.07) is 6.71. The van der Waals surface area contributed by atoms with Crippen molar-refractivity contribution in [1.29, 1.82) is 0 Å². The number of alkyl halides is 2. The lowest BCUT2D eigenvalue weighted by molar-refractivity contribution is -0.0498. The number of rotatable bonds is 6. The summed E-state index contributed by atoms with van der Waals surface area (Å²) in [4.78, 5) is 0. The van der Waals surface area contributed by atoms with Crippen molar-refractivity contribution in [3.63, 3.8) is 0 Å². The monoisotopic (exact) mass is 257 g/mol. The van der Waals surface area contributed by atoms with Crippen molar-refractivity contribution >= 4 is 0 Å². The van der Waals surface area contributed by atoms with Crippen LogP contribution in [0.25, 0.3) is 0 Å². The molecule has 0 aliphatic carbocycles. The lowest BCUT2D eigenvalue weighted by Gasteiger charge is -2.18. The first-order valence-electron chi connectivity index (χ1n) is 6.11. The molecule has 102 valence electrons. The molecule has 0 spiro atoms. The van der Waals surface area contributed by atoms with E-state index in [2.05, 4.69) is 30.8 Å². The van der Waals surface area contributed by atoms with Crippen molar-refractivity contribution in [2.75, 3.05) is 6.54 Å². The lowest BCUT2D eigenvalue weighted by atomic mass is 9.92. The second-order valence-corrected chi connectivity index (χ2v) is 5.51. The van der Waals surface area contributed by atoms with Crippen LogP contribution in [-0.4, -0.2) is 13.2 Å². The Kier molecular flexibility index (Phi) is 5.54. The summed E-state index contributed by atoms with van der Waals surface area (Å²) in [6.07, 6.45) is 1.10. The van der Waals surface area contributed by atoms with E-state index in [1.54, 1.807) is 24.3 Å². The van der Waals surface area contributed by atoms with E-state index in [9.17, 15) is 8.78 Å². The van der Waals surface area contributed by atoms with Crippen molar-refractivity contribution < 1.29 is 13.5 Å². The third-order valence-electron chi connectivity index (χ3n) is 2.53. The van der Waals surface area contributed by atoms with Crippen LogP contribution in [0, 0.1) is 5.41 Å². The first-order valence-corrected chi connectivity index (χ1v) is 6.11. The van der Waals surface area contributed by atoms with Gasteiger partial charge in [0.1, 0.15) is 5.75 Å². The molecule has 18 heavy (non-hydrogen) atoms. The van der Waals surface area contributed by atoms with Crippen LogP contribution in [0.15, 0.2) is 24.3 Å². The van der Waals surface area contributed by atoms with E-state index in [1.165, 1.54) is 0 Å². The zero-order valence-corrected chi connectivity index (χ0v) is 11.2. The number of hydrogen-bond donors (Lipinski definition) is 1. The molecule has 0 amide bonds. The first kappa shape index (κ1) is 14.9. The second-order valence-electron chi connectivity index (χ2n) is 5.51. The standard InChI is InChI=1S/C14H21F2NO/c1-14(2,3)8-9-17-10-11-4-6-12(7-5-11)18-13(15)16/h4-7,13,17H,8-10H2,1-3H3. The van der Waals surface area contributed by atoms with Gasteiger partial charge in [0.15, 0.2) is 0 Å². The molecular formula is C14H21F2NO. The predicted molar refractivity (Wildman–Crippen MR) is 68.9 cm³/mol. The molecule has 0 atom stereocenters. The highest BCUT2D eigenvalue weighted by Gasteiger charge is 2.08. The van der Waals surface area contributed by atoms with E-state index in [0.717, 1.165) is 25.1 Å². The topological polar surface area (TPSA) is 21.3 Å². The minimum absolute atomic E-state index is 0.198. The Bertz CT molecular complexity index is 344. The number of ether oxygens (including phenoxy) is 1. The number of benzene rings is 1. The van der Waals surface area contributed by atoms with Crippen LogP contribution >= 0.6 is 0 Å². The van der Waals surface area contributed by atoms with Gasteiger partial charge in [-0.3, -0.25) is 0 Å². The molecule has 0 bridgehead atoms. The molecule has 0 aromatic heterocycles. The van der Waals surface area contributed by atoms with Gasteiger partial charge >= 0.3 is 6.61 Å². The van der Waals surface area contributed by atoms with Crippen molar-refractivity contribution in [2.45, 2.75) is 40.3 Å². The summed E-state index contributed by atoms with van der Waals surface area (Å²) in [5, 5.41) is 3.33. The Balaban J connectivity index is 2.31. The van der Waals surface area contributed by atoms with Gasteiger partial charge in [0.05, 0.1) is 0 Å². The highest BCUT2D eigenvalue weighted by atomic mass is 19.3. The minimum atomic E-state index is -2.76. The third kappa shape index (κ3) is 6.55. The van der Waals surface area contributed by atoms with Crippen LogP contribution in [0.3, 0.4) is 0 Å². The van der Waals surface area contributed by atoms with Gasteiger partial charge in [0.2, 0.25) is 0 Å². The molecule has 0 aliphatic heterocycles. The van der Waals surface area contributed by atoms with Gasteiger partial charge in [0, 0.05) is 6.54 Å². The average Bonchev–Trinajstić information content (AvgIpc) is 2.24. The van der Waals surface area contributed by atoms with Gasteiger partial charge in [-0.2, -0.15) is 8.78 Å². The summed E-state index contributed by atoms with van der Waals surface area (Å²) >= 11 is 0. The molecule has 0 saturated carbocycles. The van der Waals surface area contributed by atoms with Crippen LogP contribution in [0.4, 0.5) is 8.78 Å². The maximum atomic E-state index is 11.9. The Morgan fingerprint density at radius 3 is 2.28 bits per heavy atom. The van der Waals surface area contributed by atoms with Crippen molar-refractivity contribution in [1.82, 2.24) is 5.32 Å². The Morgan fingerprint density at radius 2 is 1.78 bits per heavy atom. The maximum absolute atomic E-state index is 11.9. The quantitative estimate of drug-likeness (QED) is 0.782. The molecule has 0 radical (unpaired) electrons. The van der Waals surface area contributed by atoms with Crippen LogP contribution in [0.2, 0.25) is 0 Å². The summed E-state index contributed by atoms with van der Waals surface area (Å²) < 4.78 is 28.2. The van der Waals surface area contributed by atoms with Crippen molar-refractivity contribution in [3.05, 3.63) is 29.8 Å². The fourth-order valence-electron chi connectivity index (χ4n) is 1.48. The zero-order valence-electron chi connectivity index (χ0n) is 11.2. The summed E-state index contributed by atoms with van der Waals surface area (Å²) in [6.45, 7) is 5.52. The Labute approximate surface area is 107 Å². The molecule has 1 rings (SSSR count). The second kappa shape index (κ2) is 6.69. The largest absolute Gasteiger partial charge is 0.435 e. The van der Waals surface area contributed by atoms with E-state index in [1.807, 2.05) is 0 Å². The number of halogens is 2.